The second-order valence-electron chi connectivity index (χ2n) is 3.85. The monoisotopic (exact) mass is 218 g/mol. The Bertz CT molecular complexity index is 384. The summed E-state index contributed by atoms with van der Waals surface area (Å²) >= 11 is 0. The van der Waals surface area contributed by atoms with Gasteiger partial charge in [0.05, 0.1) is 18.4 Å². The fraction of sp³-hybridized carbons (Fsp3) is 0.545. The minimum Gasteiger partial charge on any atom is -0.379 e. The lowest BCUT2D eigenvalue weighted by molar-refractivity contribution is 0.134. The lowest BCUT2D eigenvalue weighted by Crippen LogP contribution is -2.12. The number of nitrogens with zero attached hydrogens (tertiary/aromatic N) is 3. The van der Waals surface area contributed by atoms with Gasteiger partial charge in [-0.3, -0.25) is 0 Å². The van der Waals surface area contributed by atoms with Crippen molar-refractivity contribution >= 4 is 5.82 Å². The summed E-state index contributed by atoms with van der Waals surface area (Å²) in [4.78, 5) is 0. The van der Waals surface area contributed by atoms with E-state index >= 15 is 0 Å². The zero-order valence-corrected chi connectivity index (χ0v) is 9.02. The fourth-order valence-electron chi connectivity index (χ4n) is 1.33. The predicted molar refractivity (Wildman–Crippen MR) is 58.8 cm³/mol. The zero-order chi connectivity index (χ0) is 11.2. The summed E-state index contributed by atoms with van der Waals surface area (Å²) in [7, 11) is 0. The summed E-state index contributed by atoms with van der Waals surface area (Å²) in [5.74, 6) is 1.31. The van der Waals surface area contributed by atoms with Crippen molar-refractivity contribution in [3.8, 4) is 6.07 Å². The summed E-state index contributed by atoms with van der Waals surface area (Å²) < 4.78 is 5.46. The molecule has 1 heterocycles. The molecule has 0 aliphatic heterocycles. The maximum atomic E-state index is 8.81. The minimum atomic E-state index is 0.511. The number of aromatic nitrogens is 2. The number of nitriles is 1. The van der Waals surface area contributed by atoms with E-state index in [4.69, 9.17) is 10.00 Å². The highest BCUT2D eigenvalue weighted by Gasteiger charge is 2.20. The van der Waals surface area contributed by atoms with Crippen LogP contribution in [0.25, 0.3) is 0 Å². The molecule has 1 saturated carbocycles. The van der Waals surface area contributed by atoms with Gasteiger partial charge in [-0.15, -0.1) is 5.10 Å². The summed E-state index contributed by atoms with van der Waals surface area (Å²) in [6.45, 7) is 2.14. The Morgan fingerprint density at radius 3 is 3.19 bits per heavy atom. The van der Waals surface area contributed by atoms with Gasteiger partial charge in [0.2, 0.25) is 0 Å². The van der Waals surface area contributed by atoms with Crippen LogP contribution >= 0.6 is 0 Å². The molecule has 1 aromatic rings. The van der Waals surface area contributed by atoms with Crippen LogP contribution in [0, 0.1) is 17.2 Å². The average Bonchev–Trinajstić information content (AvgIpc) is 3.13. The summed E-state index contributed by atoms with van der Waals surface area (Å²) in [6, 6.07) is 3.70. The first-order valence-corrected chi connectivity index (χ1v) is 5.43. The molecule has 2 rings (SSSR count). The van der Waals surface area contributed by atoms with Gasteiger partial charge < -0.3 is 10.1 Å². The summed E-state index contributed by atoms with van der Waals surface area (Å²) in [5, 5.41) is 19.4. The first-order valence-electron chi connectivity index (χ1n) is 5.43. The van der Waals surface area contributed by atoms with Crippen molar-refractivity contribution in [2.24, 2.45) is 5.92 Å². The van der Waals surface area contributed by atoms with Crippen LogP contribution in [0.15, 0.2) is 12.3 Å². The average molecular weight is 218 g/mol. The number of anilines is 1. The number of hydrogen-bond acceptors (Lipinski definition) is 5. The third-order valence-electron chi connectivity index (χ3n) is 2.43. The van der Waals surface area contributed by atoms with Crippen molar-refractivity contribution in [1.82, 2.24) is 10.2 Å². The van der Waals surface area contributed by atoms with Gasteiger partial charge in [-0.25, -0.2) is 0 Å². The van der Waals surface area contributed by atoms with Crippen LogP contribution in [0.1, 0.15) is 18.4 Å². The molecule has 0 unspecified atom stereocenters. The summed E-state index contributed by atoms with van der Waals surface area (Å²) in [5.41, 5.74) is 0.511. The highest BCUT2D eigenvalue weighted by atomic mass is 16.5. The second kappa shape index (κ2) is 5.42. The molecular weight excluding hydrogens is 204 g/mol. The van der Waals surface area contributed by atoms with E-state index in [1.807, 2.05) is 0 Å². The Morgan fingerprint density at radius 1 is 1.56 bits per heavy atom. The molecular formula is C11H14N4O. The van der Waals surface area contributed by atoms with Crippen LogP contribution in [0.2, 0.25) is 0 Å². The Morgan fingerprint density at radius 2 is 2.44 bits per heavy atom. The number of ether oxygens (including phenoxy) is 1. The highest BCUT2D eigenvalue weighted by Crippen LogP contribution is 2.28. The van der Waals surface area contributed by atoms with Gasteiger partial charge in [-0.1, -0.05) is 0 Å². The van der Waals surface area contributed by atoms with Gasteiger partial charge in [0.25, 0.3) is 0 Å². The van der Waals surface area contributed by atoms with Crippen molar-refractivity contribution in [3.05, 3.63) is 17.8 Å². The van der Waals surface area contributed by atoms with Gasteiger partial charge in [0.15, 0.2) is 5.82 Å². The predicted octanol–water partition coefficient (Wildman–Crippen LogP) is 1.19. The quantitative estimate of drug-likeness (QED) is 0.726. The van der Waals surface area contributed by atoms with Gasteiger partial charge in [-0.05, 0) is 24.8 Å². The van der Waals surface area contributed by atoms with E-state index < -0.39 is 0 Å². The van der Waals surface area contributed by atoms with Gasteiger partial charge in [0.1, 0.15) is 6.07 Å². The number of rotatable bonds is 6. The Hall–Kier alpha value is -1.67. The molecule has 1 fully saturated rings. The molecule has 5 heteroatoms. The van der Waals surface area contributed by atoms with Gasteiger partial charge >= 0.3 is 0 Å². The van der Waals surface area contributed by atoms with E-state index in [9.17, 15) is 0 Å². The Balaban J connectivity index is 1.69. The maximum Gasteiger partial charge on any atom is 0.166 e. The van der Waals surface area contributed by atoms with Crippen LogP contribution in [0.3, 0.4) is 0 Å². The molecule has 0 saturated heterocycles. The largest absolute Gasteiger partial charge is 0.379 e. The van der Waals surface area contributed by atoms with Crippen molar-refractivity contribution in [3.63, 3.8) is 0 Å². The fourth-order valence-corrected chi connectivity index (χ4v) is 1.33. The molecule has 1 aliphatic rings. The van der Waals surface area contributed by atoms with Crippen molar-refractivity contribution < 1.29 is 4.74 Å². The van der Waals surface area contributed by atoms with Gasteiger partial charge in [0, 0.05) is 13.2 Å². The maximum absolute atomic E-state index is 8.81. The van der Waals surface area contributed by atoms with E-state index in [-0.39, 0.29) is 0 Å². The van der Waals surface area contributed by atoms with E-state index in [1.165, 1.54) is 19.0 Å². The molecule has 0 aromatic carbocycles. The topological polar surface area (TPSA) is 70.8 Å². The molecule has 16 heavy (non-hydrogen) atoms. The number of nitrogens with one attached hydrogen (secondary N) is 1. The lowest BCUT2D eigenvalue weighted by Gasteiger charge is -2.06. The Labute approximate surface area is 94.4 Å². The molecule has 0 radical (unpaired) electrons. The molecule has 0 amide bonds. The molecule has 84 valence electrons. The molecule has 0 spiro atoms. The molecule has 5 nitrogen and oxygen atoms in total. The summed E-state index contributed by atoms with van der Waals surface area (Å²) in [6.07, 6.45) is 4.11. The molecule has 1 aliphatic carbocycles. The third-order valence-corrected chi connectivity index (χ3v) is 2.43. The zero-order valence-electron chi connectivity index (χ0n) is 9.02. The number of hydrogen-bond donors (Lipinski definition) is 1. The van der Waals surface area contributed by atoms with E-state index in [0.717, 1.165) is 12.5 Å². The highest BCUT2D eigenvalue weighted by molar-refractivity contribution is 5.49. The Kier molecular flexibility index (Phi) is 3.67. The minimum absolute atomic E-state index is 0.511. The van der Waals surface area contributed by atoms with E-state index in [2.05, 4.69) is 21.6 Å². The first-order chi connectivity index (χ1) is 7.90. The lowest BCUT2D eigenvalue weighted by atomic mass is 10.3. The van der Waals surface area contributed by atoms with Crippen molar-refractivity contribution in [2.75, 3.05) is 25.1 Å². The van der Waals surface area contributed by atoms with Crippen LogP contribution in [0.4, 0.5) is 5.82 Å². The van der Waals surface area contributed by atoms with Crippen molar-refractivity contribution in [2.45, 2.75) is 12.8 Å². The normalized spacial score (nSPS) is 14.4. The van der Waals surface area contributed by atoms with Gasteiger partial charge in [-0.2, -0.15) is 10.4 Å². The second-order valence-corrected chi connectivity index (χ2v) is 3.85. The van der Waals surface area contributed by atoms with Crippen molar-refractivity contribution in [1.29, 1.82) is 5.26 Å². The SMILES string of the molecule is N#Cc1ccnnc1NCCOCC1CC1. The standard InChI is InChI=1S/C11H14N4O/c12-7-10-3-4-14-15-11(10)13-5-6-16-8-9-1-2-9/h3-4,9H,1-2,5-6,8H2,(H,13,15). The smallest absolute Gasteiger partial charge is 0.166 e. The van der Waals surface area contributed by atoms with E-state index in [1.54, 1.807) is 6.07 Å². The van der Waals surface area contributed by atoms with Crippen LogP contribution in [0.5, 0.6) is 0 Å². The van der Waals surface area contributed by atoms with E-state index in [0.29, 0.717) is 24.5 Å². The van der Waals surface area contributed by atoms with Crippen LogP contribution < -0.4 is 5.32 Å². The first kappa shape index (κ1) is 10.8. The molecule has 0 bridgehead atoms. The molecule has 1 aromatic heterocycles. The molecule has 1 N–H and O–H groups in total. The third kappa shape index (κ3) is 3.17. The van der Waals surface area contributed by atoms with Crippen LogP contribution in [-0.2, 0) is 4.74 Å². The molecule has 0 atom stereocenters. The van der Waals surface area contributed by atoms with Crippen LogP contribution in [-0.4, -0.2) is 30.0 Å².